The van der Waals surface area contributed by atoms with Crippen molar-refractivity contribution in [3.8, 4) is 11.3 Å². The molecule has 2 aromatic rings. The van der Waals surface area contributed by atoms with Gasteiger partial charge in [0.15, 0.2) is 0 Å². The summed E-state index contributed by atoms with van der Waals surface area (Å²) < 4.78 is 4.58. The van der Waals surface area contributed by atoms with Crippen LogP contribution in [0.5, 0.6) is 0 Å². The molecule has 1 aromatic carbocycles. The summed E-state index contributed by atoms with van der Waals surface area (Å²) in [6.45, 7) is 3.79. The van der Waals surface area contributed by atoms with Crippen LogP contribution in [0.1, 0.15) is 25.6 Å². The fourth-order valence-corrected chi connectivity index (χ4v) is 2.13. The van der Waals surface area contributed by atoms with Crippen molar-refractivity contribution in [3.63, 3.8) is 0 Å². The number of hydrogen-bond acceptors (Lipinski definition) is 4. The Hall–Kier alpha value is -2.83. The number of carbonyl (C=O) groups excluding carboxylic acids is 2. The van der Waals surface area contributed by atoms with Gasteiger partial charge in [0.05, 0.1) is 24.7 Å². The number of carbonyl (C=O) groups is 2. The molecule has 2 rings (SSSR count). The molecule has 7 nitrogen and oxygen atoms in total. The number of amides is 2. The minimum atomic E-state index is -0.569. The van der Waals surface area contributed by atoms with E-state index >= 15 is 0 Å². The topological polar surface area (TPSA) is 96.1 Å². The summed E-state index contributed by atoms with van der Waals surface area (Å²) in [5.41, 5.74) is 2.72. The van der Waals surface area contributed by atoms with Crippen LogP contribution in [0.25, 0.3) is 11.3 Å². The third-order valence-electron chi connectivity index (χ3n) is 3.20. The highest BCUT2D eigenvalue weighted by molar-refractivity contribution is 5.97. The highest BCUT2D eigenvalue weighted by Crippen LogP contribution is 2.30. The molecule has 0 radical (unpaired) electrons. The average Bonchev–Trinajstić information content (AvgIpc) is 2.94. The van der Waals surface area contributed by atoms with Crippen molar-refractivity contribution in [2.75, 3.05) is 17.7 Å². The zero-order valence-electron chi connectivity index (χ0n) is 13.4. The summed E-state index contributed by atoms with van der Waals surface area (Å²) in [5.74, 6) is 0.697. The van der Waals surface area contributed by atoms with Crippen LogP contribution in [0.2, 0.25) is 0 Å². The normalized spacial score (nSPS) is 10.2. The molecule has 0 aliphatic rings. The van der Waals surface area contributed by atoms with Gasteiger partial charge in [-0.15, -0.1) is 0 Å². The van der Waals surface area contributed by atoms with Crippen LogP contribution in [0.3, 0.4) is 0 Å². The number of hydrogen-bond donors (Lipinski definition) is 3. The van der Waals surface area contributed by atoms with Gasteiger partial charge in [0.1, 0.15) is 5.82 Å². The maximum absolute atomic E-state index is 11.9. The first kappa shape index (κ1) is 16.5. The molecule has 122 valence electrons. The number of imidazole rings is 1. The molecule has 3 N–H and O–H groups in total. The molecule has 0 aliphatic carbocycles. The van der Waals surface area contributed by atoms with Gasteiger partial charge >= 0.3 is 6.09 Å². The molecule has 0 aliphatic heterocycles. The van der Waals surface area contributed by atoms with E-state index < -0.39 is 6.09 Å². The predicted octanol–water partition coefficient (Wildman–Crippen LogP) is 3.30. The molecule has 2 amide bonds. The molecule has 0 bridgehead atoms. The monoisotopic (exact) mass is 316 g/mol. The van der Waals surface area contributed by atoms with Crippen molar-refractivity contribution < 1.29 is 14.3 Å². The van der Waals surface area contributed by atoms with Crippen LogP contribution in [-0.2, 0) is 9.53 Å². The molecule has 1 heterocycles. The van der Waals surface area contributed by atoms with Gasteiger partial charge in [-0.05, 0) is 31.5 Å². The number of nitrogens with zero attached hydrogens (tertiary/aromatic N) is 1. The van der Waals surface area contributed by atoms with Gasteiger partial charge < -0.3 is 15.0 Å². The molecule has 7 heteroatoms. The number of aromatic amines is 1. The van der Waals surface area contributed by atoms with Crippen LogP contribution in [0, 0.1) is 6.92 Å². The standard InChI is InChI=1S/C16H20N4O3/c1-4-5-15(21)20-13-8-11(19-16(22)23-3)6-7-12(13)14-9-17-10(2)18-14/h6-9H,4-5H2,1-3H3,(H,17,18)(H,19,22)(H,20,21). The Bertz CT molecular complexity index is 709. The Kier molecular flexibility index (Phi) is 5.35. The van der Waals surface area contributed by atoms with E-state index in [0.717, 1.165) is 23.5 Å². The third kappa shape index (κ3) is 4.32. The molecular weight excluding hydrogens is 296 g/mol. The first-order valence-corrected chi connectivity index (χ1v) is 7.34. The molecule has 0 unspecified atom stereocenters. The van der Waals surface area contributed by atoms with Gasteiger partial charge in [0.25, 0.3) is 0 Å². The van der Waals surface area contributed by atoms with E-state index in [-0.39, 0.29) is 5.91 Å². The van der Waals surface area contributed by atoms with Crippen molar-refractivity contribution >= 4 is 23.4 Å². The Morgan fingerprint density at radius 1 is 1.30 bits per heavy atom. The van der Waals surface area contributed by atoms with Gasteiger partial charge in [-0.1, -0.05) is 6.92 Å². The lowest BCUT2D eigenvalue weighted by molar-refractivity contribution is -0.116. The lowest BCUT2D eigenvalue weighted by Crippen LogP contribution is -2.14. The summed E-state index contributed by atoms with van der Waals surface area (Å²) in [5, 5.41) is 5.45. The van der Waals surface area contributed by atoms with Crippen LogP contribution in [0.4, 0.5) is 16.2 Å². The Labute approximate surface area is 134 Å². The summed E-state index contributed by atoms with van der Waals surface area (Å²) in [6.07, 6.45) is 2.31. The number of methoxy groups -OCH3 is 1. The van der Waals surface area contributed by atoms with E-state index in [1.807, 2.05) is 13.8 Å². The van der Waals surface area contributed by atoms with Gasteiger partial charge in [-0.3, -0.25) is 10.1 Å². The highest BCUT2D eigenvalue weighted by Gasteiger charge is 2.12. The molecule has 23 heavy (non-hydrogen) atoms. The third-order valence-corrected chi connectivity index (χ3v) is 3.20. The Morgan fingerprint density at radius 3 is 2.70 bits per heavy atom. The summed E-state index contributed by atoms with van der Waals surface area (Å²) in [6, 6.07) is 5.23. The first-order valence-electron chi connectivity index (χ1n) is 7.34. The number of H-pyrrole nitrogens is 1. The second-order valence-electron chi connectivity index (χ2n) is 5.06. The van der Waals surface area contributed by atoms with Gasteiger partial charge in [0.2, 0.25) is 5.91 Å². The molecular formula is C16H20N4O3. The van der Waals surface area contributed by atoms with Crippen molar-refractivity contribution in [3.05, 3.63) is 30.2 Å². The molecule has 0 spiro atoms. The molecule has 0 atom stereocenters. The Balaban J connectivity index is 2.36. The number of rotatable bonds is 5. The van der Waals surface area contributed by atoms with Crippen molar-refractivity contribution in [2.45, 2.75) is 26.7 Å². The SMILES string of the molecule is CCCC(=O)Nc1cc(NC(=O)OC)ccc1-c1cnc(C)[nH]1. The number of benzene rings is 1. The molecule has 1 aromatic heterocycles. The van der Waals surface area contributed by atoms with Crippen LogP contribution >= 0.6 is 0 Å². The number of aromatic nitrogens is 2. The zero-order valence-corrected chi connectivity index (χ0v) is 13.4. The van der Waals surface area contributed by atoms with E-state index in [1.54, 1.807) is 24.4 Å². The fourth-order valence-electron chi connectivity index (χ4n) is 2.13. The lowest BCUT2D eigenvalue weighted by atomic mass is 10.1. The van der Waals surface area contributed by atoms with E-state index in [2.05, 4.69) is 25.3 Å². The summed E-state index contributed by atoms with van der Waals surface area (Å²) in [7, 11) is 1.29. The van der Waals surface area contributed by atoms with Gasteiger partial charge in [-0.25, -0.2) is 9.78 Å². The number of ether oxygens (including phenoxy) is 1. The van der Waals surface area contributed by atoms with Gasteiger partial charge in [-0.2, -0.15) is 0 Å². The van der Waals surface area contributed by atoms with Crippen molar-refractivity contribution in [1.82, 2.24) is 9.97 Å². The second kappa shape index (κ2) is 7.44. The van der Waals surface area contributed by atoms with E-state index in [4.69, 9.17) is 0 Å². The number of aryl methyl sites for hydroxylation is 1. The average molecular weight is 316 g/mol. The zero-order chi connectivity index (χ0) is 16.8. The van der Waals surface area contributed by atoms with E-state index in [1.165, 1.54) is 7.11 Å². The van der Waals surface area contributed by atoms with E-state index in [9.17, 15) is 9.59 Å². The highest BCUT2D eigenvalue weighted by atomic mass is 16.5. The maximum atomic E-state index is 11.9. The molecule has 0 fully saturated rings. The molecule has 0 saturated carbocycles. The van der Waals surface area contributed by atoms with Crippen LogP contribution < -0.4 is 10.6 Å². The summed E-state index contributed by atoms with van der Waals surface area (Å²) in [4.78, 5) is 30.6. The first-order chi connectivity index (χ1) is 11.0. The Morgan fingerprint density at radius 2 is 2.09 bits per heavy atom. The molecule has 0 saturated heterocycles. The number of nitrogens with one attached hydrogen (secondary N) is 3. The van der Waals surface area contributed by atoms with Gasteiger partial charge in [0, 0.05) is 17.7 Å². The van der Waals surface area contributed by atoms with Crippen molar-refractivity contribution in [1.29, 1.82) is 0 Å². The lowest BCUT2D eigenvalue weighted by Gasteiger charge is -2.12. The number of anilines is 2. The van der Waals surface area contributed by atoms with Crippen LogP contribution in [0.15, 0.2) is 24.4 Å². The van der Waals surface area contributed by atoms with E-state index in [0.29, 0.717) is 17.8 Å². The van der Waals surface area contributed by atoms with Crippen LogP contribution in [-0.4, -0.2) is 29.1 Å². The quantitative estimate of drug-likeness (QED) is 0.788. The largest absolute Gasteiger partial charge is 0.453 e. The minimum Gasteiger partial charge on any atom is -0.453 e. The second-order valence-corrected chi connectivity index (χ2v) is 5.06. The smallest absolute Gasteiger partial charge is 0.411 e. The van der Waals surface area contributed by atoms with Crippen molar-refractivity contribution in [2.24, 2.45) is 0 Å². The minimum absolute atomic E-state index is 0.0831. The predicted molar refractivity (Wildman–Crippen MR) is 88.3 cm³/mol. The summed E-state index contributed by atoms with van der Waals surface area (Å²) >= 11 is 0. The maximum Gasteiger partial charge on any atom is 0.411 e. The fraction of sp³-hybridized carbons (Fsp3) is 0.312.